The first-order chi connectivity index (χ1) is 8.22. The summed E-state index contributed by atoms with van der Waals surface area (Å²) in [4.78, 5) is 2.20. The molecule has 0 aliphatic rings. The van der Waals surface area contributed by atoms with Crippen molar-refractivity contribution < 1.29 is 4.74 Å². The first-order valence-electron chi connectivity index (χ1n) is 5.91. The van der Waals surface area contributed by atoms with E-state index in [9.17, 15) is 0 Å². The zero-order valence-electron chi connectivity index (χ0n) is 10.7. The van der Waals surface area contributed by atoms with Crippen LogP contribution in [0, 0.1) is 0 Å². The Bertz CT molecular complexity index is 500. The molecule has 0 bridgehead atoms. The number of ether oxygens (including phenoxy) is 1. The highest BCUT2D eigenvalue weighted by Crippen LogP contribution is 2.29. The van der Waals surface area contributed by atoms with E-state index in [0.717, 1.165) is 18.7 Å². The molecular weight excluding hydrogens is 210 g/mol. The third-order valence-electron chi connectivity index (χ3n) is 3.00. The van der Waals surface area contributed by atoms with Crippen molar-refractivity contribution in [3.05, 3.63) is 42.0 Å². The molecule has 2 aromatic rings. The van der Waals surface area contributed by atoms with Gasteiger partial charge in [-0.25, -0.2) is 0 Å². The third-order valence-corrected chi connectivity index (χ3v) is 3.00. The van der Waals surface area contributed by atoms with Crippen LogP contribution >= 0.6 is 0 Å². The highest BCUT2D eigenvalue weighted by Gasteiger charge is 2.06. The molecule has 0 aliphatic heterocycles. The molecule has 0 saturated heterocycles. The van der Waals surface area contributed by atoms with Crippen LogP contribution in [0.25, 0.3) is 10.8 Å². The SMILES string of the molecule is COc1cccc2cccc(CCN(C)C)c12. The van der Waals surface area contributed by atoms with Gasteiger partial charge in [0, 0.05) is 11.9 Å². The number of nitrogens with zero attached hydrogens (tertiary/aromatic N) is 1. The first-order valence-corrected chi connectivity index (χ1v) is 5.91. The highest BCUT2D eigenvalue weighted by molar-refractivity contribution is 5.91. The minimum absolute atomic E-state index is 0.969. The van der Waals surface area contributed by atoms with Crippen LogP contribution < -0.4 is 4.74 Å². The second-order valence-electron chi connectivity index (χ2n) is 4.53. The maximum atomic E-state index is 5.46. The predicted octanol–water partition coefficient (Wildman–Crippen LogP) is 2.95. The van der Waals surface area contributed by atoms with Crippen LogP contribution in [-0.4, -0.2) is 32.6 Å². The molecule has 2 heteroatoms. The van der Waals surface area contributed by atoms with Gasteiger partial charge in [0.25, 0.3) is 0 Å². The summed E-state index contributed by atoms with van der Waals surface area (Å²) in [6, 6.07) is 12.6. The van der Waals surface area contributed by atoms with Crippen LogP contribution in [0.5, 0.6) is 5.75 Å². The normalized spacial score (nSPS) is 11.1. The van der Waals surface area contributed by atoms with E-state index in [1.807, 2.05) is 12.1 Å². The van der Waals surface area contributed by atoms with Gasteiger partial charge >= 0.3 is 0 Å². The van der Waals surface area contributed by atoms with E-state index in [-0.39, 0.29) is 0 Å². The molecule has 0 amide bonds. The van der Waals surface area contributed by atoms with Crippen molar-refractivity contribution in [2.45, 2.75) is 6.42 Å². The number of methoxy groups -OCH3 is 1. The number of likely N-dealkylation sites (N-methyl/N-ethyl adjacent to an activating group) is 1. The summed E-state index contributed by atoms with van der Waals surface area (Å²) in [5, 5.41) is 2.50. The van der Waals surface area contributed by atoms with E-state index in [0.29, 0.717) is 0 Å². The lowest BCUT2D eigenvalue weighted by Crippen LogP contribution is -2.15. The van der Waals surface area contributed by atoms with Gasteiger partial charge in [0.1, 0.15) is 5.75 Å². The summed E-state index contributed by atoms with van der Waals surface area (Å²) in [7, 11) is 5.93. The molecule has 2 aromatic carbocycles. The number of hydrogen-bond donors (Lipinski definition) is 0. The van der Waals surface area contributed by atoms with Crippen LogP contribution in [0.3, 0.4) is 0 Å². The van der Waals surface area contributed by atoms with Crippen molar-refractivity contribution in [2.75, 3.05) is 27.7 Å². The zero-order chi connectivity index (χ0) is 12.3. The molecule has 0 unspecified atom stereocenters. The summed E-state index contributed by atoms with van der Waals surface area (Å²) in [6.07, 6.45) is 1.05. The van der Waals surface area contributed by atoms with Gasteiger partial charge in [0.2, 0.25) is 0 Å². The van der Waals surface area contributed by atoms with Crippen LogP contribution in [0.2, 0.25) is 0 Å². The molecule has 0 heterocycles. The van der Waals surface area contributed by atoms with Crippen LogP contribution in [0.4, 0.5) is 0 Å². The maximum Gasteiger partial charge on any atom is 0.126 e. The van der Waals surface area contributed by atoms with Gasteiger partial charge in [-0.05, 0) is 37.5 Å². The van der Waals surface area contributed by atoms with Gasteiger partial charge in [-0.2, -0.15) is 0 Å². The molecule has 2 nitrogen and oxygen atoms in total. The fourth-order valence-corrected chi connectivity index (χ4v) is 2.10. The van der Waals surface area contributed by atoms with Crippen molar-refractivity contribution in [1.29, 1.82) is 0 Å². The second kappa shape index (κ2) is 5.19. The molecule has 0 N–H and O–H groups in total. The quantitative estimate of drug-likeness (QED) is 0.799. The summed E-state index contributed by atoms with van der Waals surface area (Å²) in [5.74, 6) is 0.969. The Kier molecular flexibility index (Phi) is 3.64. The van der Waals surface area contributed by atoms with E-state index in [1.54, 1.807) is 7.11 Å². The van der Waals surface area contributed by atoms with Gasteiger partial charge in [0.15, 0.2) is 0 Å². The predicted molar refractivity (Wildman–Crippen MR) is 72.8 cm³/mol. The molecule has 0 aliphatic carbocycles. The Balaban J connectivity index is 2.47. The van der Waals surface area contributed by atoms with E-state index in [4.69, 9.17) is 4.74 Å². The van der Waals surface area contributed by atoms with Crippen molar-refractivity contribution in [2.24, 2.45) is 0 Å². The van der Waals surface area contributed by atoms with Crippen molar-refractivity contribution in [3.8, 4) is 5.75 Å². The molecule has 0 saturated carbocycles. The lowest BCUT2D eigenvalue weighted by molar-refractivity contribution is 0.411. The van der Waals surface area contributed by atoms with Gasteiger partial charge in [-0.1, -0.05) is 30.3 Å². The topological polar surface area (TPSA) is 12.5 Å². The third kappa shape index (κ3) is 2.59. The minimum Gasteiger partial charge on any atom is -0.496 e. The number of fused-ring (bicyclic) bond motifs is 1. The standard InChI is InChI=1S/C15H19NO/c1-16(2)11-10-13-7-4-6-12-8-5-9-14(17-3)15(12)13/h4-9H,10-11H2,1-3H3. The Morgan fingerprint density at radius 3 is 2.41 bits per heavy atom. The molecule has 0 spiro atoms. The van der Waals surface area contributed by atoms with Gasteiger partial charge in [-0.15, -0.1) is 0 Å². The molecule has 0 radical (unpaired) electrons. The van der Waals surface area contributed by atoms with Crippen molar-refractivity contribution >= 4 is 10.8 Å². The smallest absolute Gasteiger partial charge is 0.126 e. The maximum absolute atomic E-state index is 5.46. The molecule has 17 heavy (non-hydrogen) atoms. The average Bonchev–Trinajstić information content (AvgIpc) is 2.35. The van der Waals surface area contributed by atoms with E-state index in [2.05, 4.69) is 43.3 Å². The monoisotopic (exact) mass is 229 g/mol. The summed E-state index contributed by atoms with van der Waals surface area (Å²) >= 11 is 0. The lowest BCUT2D eigenvalue weighted by atomic mass is 10.0. The van der Waals surface area contributed by atoms with E-state index < -0.39 is 0 Å². The van der Waals surface area contributed by atoms with Crippen LogP contribution in [0.1, 0.15) is 5.56 Å². The summed E-state index contributed by atoms with van der Waals surface area (Å²) in [6.45, 7) is 1.05. The minimum atomic E-state index is 0.969. The lowest BCUT2D eigenvalue weighted by Gasteiger charge is -2.13. The summed E-state index contributed by atoms with van der Waals surface area (Å²) < 4.78 is 5.46. The van der Waals surface area contributed by atoms with Gasteiger partial charge in [0.05, 0.1) is 7.11 Å². The second-order valence-corrected chi connectivity index (χ2v) is 4.53. The van der Waals surface area contributed by atoms with E-state index >= 15 is 0 Å². The molecule has 0 fully saturated rings. The molecular formula is C15H19NO. The number of hydrogen-bond acceptors (Lipinski definition) is 2. The molecule has 0 atom stereocenters. The van der Waals surface area contributed by atoms with Crippen molar-refractivity contribution in [3.63, 3.8) is 0 Å². The fraction of sp³-hybridized carbons (Fsp3) is 0.333. The van der Waals surface area contributed by atoms with E-state index in [1.165, 1.54) is 16.3 Å². The number of rotatable bonds is 4. The largest absolute Gasteiger partial charge is 0.496 e. The molecule has 2 rings (SSSR count). The summed E-state index contributed by atoms with van der Waals surface area (Å²) in [5.41, 5.74) is 1.36. The Labute approximate surface area is 103 Å². The first kappa shape index (κ1) is 11.9. The Morgan fingerprint density at radius 2 is 1.76 bits per heavy atom. The highest BCUT2D eigenvalue weighted by atomic mass is 16.5. The molecule has 0 aromatic heterocycles. The average molecular weight is 229 g/mol. The van der Waals surface area contributed by atoms with Gasteiger partial charge < -0.3 is 9.64 Å². The van der Waals surface area contributed by atoms with Crippen molar-refractivity contribution in [1.82, 2.24) is 4.90 Å². The zero-order valence-corrected chi connectivity index (χ0v) is 10.7. The molecule has 90 valence electrons. The fourth-order valence-electron chi connectivity index (χ4n) is 2.10. The van der Waals surface area contributed by atoms with Crippen LogP contribution in [-0.2, 0) is 6.42 Å². The van der Waals surface area contributed by atoms with Crippen LogP contribution in [0.15, 0.2) is 36.4 Å². The Morgan fingerprint density at radius 1 is 1.06 bits per heavy atom. The van der Waals surface area contributed by atoms with Gasteiger partial charge in [-0.3, -0.25) is 0 Å². The Hall–Kier alpha value is -1.54. The number of benzene rings is 2.